The van der Waals surface area contributed by atoms with E-state index in [4.69, 9.17) is 10.00 Å². The van der Waals surface area contributed by atoms with Gasteiger partial charge in [0.25, 0.3) is 5.91 Å². The second-order valence-corrected chi connectivity index (χ2v) is 7.49. The molecule has 1 amide bonds. The molecule has 5 heteroatoms. The first-order chi connectivity index (χ1) is 13.5. The number of ether oxygens (including phenoxy) is 1. The lowest BCUT2D eigenvalue weighted by atomic mass is 10.1. The van der Waals surface area contributed by atoms with Crippen LogP contribution in [0.5, 0.6) is 0 Å². The van der Waals surface area contributed by atoms with Crippen molar-refractivity contribution < 1.29 is 9.53 Å². The molecule has 2 atom stereocenters. The molecular weight excluding hydrogens is 350 g/mol. The molecule has 0 aliphatic carbocycles. The molecule has 1 fully saturated rings. The molecule has 2 unspecified atom stereocenters. The van der Waals surface area contributed by atoms with Gasteiger partial charge >= 0.3 is 0 Å². The molecule has 0 radical (unpaired) electrons. The van der Waals surface area contributed by atoms with Crippen molar-refractivity contribution in [2.45, 2.75) is 45.6 Å². The topological polar surface area (TPSA) is 65.4 Å². The first kappa shape index (κ1) is 20.1. The molecule has 1 aliphatic heterocycles. The van der Waals surface area contributed by atoms with Gasteiger partial charge in [-0.2, -0.15) is 5.26 Å². The SMILES string of the molecule is CC1CN(Cc2ccc(CNC(=O)c3cccc(CC#N)c3)cc2)CC(C)O1. The van der Waals surface area contributed by atoms with E-state index in [9.17, 15) is 4.79 Å². The maximum absolute atomic E-state index is 12.4. The Labute approximate surface area is 166 Å². The Bertz CT molecular complexity index is 832. The summed E-state index contributed by atoms with van der Waals surface area (Å²) in [6.07, 6.45) is 0.846. The van der Waals surface area contributed by atoms with Crippen LogP contribution in [0.3, 0.4) is 0 Å². The Balaban J connectivity index is 1.52. The fraction of sp³-hybridized carbons (Fsp3) is 0.391. The van der Waals surface area contributed by atoms with Crippen molar-refractivity contribution in [2.24, 2.45) is 0 Å². The Morgan fingerprint density at radius 1 is 1.11 bits per heavy atom. The standard InChI is InChI=1S/C23H27N3O2/c1-17-14-26(15-18(2)28-17)16-21-8-6-20(7-9-21)13-25-23(27)22-5-3-4-19(12-22)10-11-24/h3-9,12,17-18H,10,13-16H2,1-2H3,(H,25,27). The maximum atomic E-state index is 12.4. The zero-order chi connectivity index (χ0) is 19.9. The number of carbonyl (C=O) groups excluding carboxylic acids is 1. The highest BCUT2D eigenvalue weighted by Crippen LogP contribution is 2.15. The highest BCUT2D eigenvalue weighted by molar-refractivity contribution is 5.94. The number of morpholine rings is 1. The van der Waals surface area contributed by atoms with Crippen molar-refractivity contribution in [3.63, 3.8) is 0 Å². The Morgan fingerprint density at radius 3 is 2.46 bits per heavy atom. The number of nitriles is 1. The summed E-state index contributed by atoms with van der Waals surface area (Å²) in [4.78, 5) is 14.8. The minimum Gasteiger partial charge on any atom is -0.373 e. The Kier molecular flexibility index (Phi) is 6.80. The number of hydrogen-bond acceptors (Lipinski definition) is 4. The van der Waals surface area contributed by atoms with Gasteiger partial charge in [0.05, 0.1) is 24.7 Å². The van der Waals surface area contributed by atoms with E-state index in [0.717, 1.165) is 30.8 Å². The Morgan fingerprint density at radius 2 is 1.79 bits per heavy atom. The third kappa shape index (κ3) is 5.66. The Hall–Kier alpha value is -2.68. The molecule has 146 valence electrons. The fourth-order valence-corrected chi connectivity index (χ4v) is 3.63. The van der Waals surface area contributed by atoms with Crippen molar-refractivity contribution in [3.8, 4) is 6.07 Å². The maximum Gasteiger partial charge on any atom is 0.251 e. The molecule has 5 nitrogen and oxygen atoms in total. The molecule has 28 heavy (non-hydrogen) atoms. The van der Waals surface area contributed by atoms with Gasteiger partial charge in [-0.3, -0.25) is 9.69 Å². The molecular formula is C23H27N3O2. The summed E-state index contributed by atoms with van der Waals surface area (Å²) in [5.41, 5.74) is 3.76. The molecule has 1 saturated heterocycles. The van der Waals surface area contributed by atoms with Crippen LogP contribution in [0.2, 0.25) is 0 Å². The average molecular weight is 377 g/mol. The largest absolute Gasteiger partial charge is 0.373 e. The van der Waals surface area contributed by atoms with Crippen LogP contribution in [-0.4, -0.2) is 36.1 Å². The number of nitrogens with one attached hydrogen (secondary N) is 1. The van der Waals surface area contributed by atoms with E-state index < -0.39 is 0 Å². The van der Waals surface area contributed by atoms with Crippen LogP contribution in [-0.2, 0) is 24.2 Å². The van der Waals surface area contributed by atoms with Gasteiger partial charge in [0.2, 0.25) is 0 Å². The van der Waals surface area contributed by atoms with E-state index in [0.29, 0.717) is 18.5 Å². The summed E-state index contributed by atoms with van der Waals surface area (Å²) in [5.74, 6) is -0.125. The summed E-state index contributed by atoms with van der Waals surface area (Å²) < 4.78 is 5.79. The van der Waals surface area contributed by atoms with Crippen LogP contribution in [0.1, 0.15) is 40.9 Å². The number of amides is 1. The summed E-state index contributed by atoms with van der Waals surface area (Å²) in [6, 6.07) is 17.7. The van der Waals surface area contributed by atoms with Crippen LogP contribution < -0.4 is 5.32 Å². The zero-order valence-electron chi connectivity index (χ0n) is 16.5. The molecule has 0 saturated carbocycles. The summed E-state index contributed by atoms with van der Waals surface area (Å²) in [6.45, 7) is 7.53. The number of carbonyl (C=O) groups is 1. The molecule has 2 aromatic rings. The third-order valence-corrected chi connectivity index (χ3v) is 4.85. The summed E-state index contributed by atoms with van der Waals surface area (Å²) >= 11 is 0. The monoisotopic (exact) mass is 377 g/mol. The van der Waals surface area contributed by atoms with Gasteiger partial charge in [-0.1, -0.05) is 36.4 Å². The van der Waals surface area contributed by atoms with Gasteiger partial charge in [-0.15, -0.1) is 0 Å². The lowest BCUT2D eigenvalue weighted by Crippen LogP contribution is -2.44. The summed E-state index contributed by atoms with van der Waals surface area (Å²) in [5, 5.41) is 11.7. The van der Waals surface area contributed by atoms with Crippen molar-refractivity contribution in [2.75, 3.05) is 13.1 Å². The number of hydrogen-bond donors (Lipinski definition) is 1. The van der Waals surface area contributed by atoms with Crippen molar-refractivity contribution in [1.82, 2.24) is 10.2 Å². The normalized spacial score (nSPS) is 19.8. The van der Waals surface area contributed by atoms with Crippen molar-refractivity contribution in [3.05, 3.63) is 70.8 Å². The molecule has 0 spiro atoms. The number of nitrogens with zero attached hydrogens (tertiary/aromatic N) is 2. The molecule has 0 bridgehead atoms. The van der Waals surface area contributed by atoms with E-state index in [-0.39, 0.29) is 18.1 Å². The molecule has 1 N–H and O–H groups in total. The second kappa shape index (κ2) is 9.50. The average Bonchev–Trinajstić information content (AvgIpc) is 2.67. The van der Waals surface area contributed by atoms with Gasteiger partial charge in [0.15, 0.2) is 0 Å². The van der Waals surface area contributed by atoms with Gasteiger partial charge in [0.1, 0.15) is 0 Å². The van der Waals surface area contributed by atoms with E-state index in [1.807, 2.05) is 12.1 Å². The molecule has 0 aromatic heterocycles. The second-order valence-electron chi connectivity index (χ2n) is 7.49. The smallest absolute Gasteiger partial charge is 0.251 e. The van der Waals surface area contributed by atoms with Gasteiger partial charge in [-0.05, 0) is 42.7 Å². The van der Waals surface area contributed by atoms with Crippen LogP contribution in [0, 0.1) is 11.3 Å². The van der Waals surface area contributed by atoms with Crippen molar-refractivity contribution >= 4 is 5.91 Å². The first-order valence-corrected chi connectivity index (χ1v) is 9.73. The van der Waals surface area contributed by atoms with Crippen LogP contribution in [0.15, 0.2) is 48.5 Å². The fourth-order valence-electron chi connectivity index (χ4n) is 3.63. The number of benzene rings is 2. The van der Waals surface area contributed by atoms with Crippen LogP contribution in [0.4, 0.5) is 0 Å². The van der Waals surface area contributed by atoms with Gasteiger partial charge < -0.3 is 10.1 Å². The number of rotatable bonds is 6. The zero-order valence-corrected chi connectivity index (χ0v) is 16.5. The van der Waals surface area contributed by atoms with E-state index in [1.54, 1.807) is 12.1 Å². The van der Waals surface area contributed by atoms with Gasteiger partial charge in [-0.25, -0.2) is 0 Å². The summed E-state index contributed by atoms with van der Waals surface area (Å²) in [7, 11) is 0. The lowest BCUT2D eigenvalue weighted by molar-refractivity contribution is -0.0704. The predicted molar refractivity (Wildman–Crippen MR) is 109 cm³/mol. The lowest BCUT2D eigenvalue weighted by Gasteiger charge is -2.35. The molecule has 1 heterocycles. The highest BCUT2D eigenvalue weighted by Gasteiger charge is 2.21. The van der Waals surface area contributed by atoms with E-state index in [1.165, 1.54) is 5.56 Å². The van der Waals surface area contributed by atoms with E-state index >= 15 is 0 Å². The quantitative estimate of drug-likeness (QED) is 0.839. The first-order valence-electron chi connectivity index (χ1n) is 9.73. The minimum atomic E-state index is -0.125. The van der Waals surface area contributed by atoms with Crippen LogP contribution >= 0.6 is 0 Å². The van der Waals surface area contributed by atoms with E-state index in [2.05, 4.69) is 54.4 Å². The third-order valence-electron chi connectivity index (χ3n) is 4.85. The predicted octanol–water partition coefficient (Wildman–Crippen LogP) is 3.29. The molecule has 3 rings (SSSR count). The van der Waals surface area contributed by atoms with Crippen molar-refractivity contribution in [1.29, 1.82) is 5.26 Å². The molecule has 1 aliphatic rings. The molecule has 2 aromatic carbocycles. The van der Waals surface area contributed by atoms with Gasteiger partial charge in [0, 0.05) is 31.7 Å². The minimum absolute atomic E-state index is 0.125. The van der Waals surface area contributed by atoms with Crippen LogP contribution in [0.25, 0.3) is 0 Å². The highest BCUT2D eigenvalue weighted by atomic mass is 16.5.